The van der Waals surface area contributed by atoms with E-state index in [0.29, 0.717) is 0 Å². The summed E-state index contributed by atoms with van der Waals surface area (Å²) in [4.78, 5) is 0. The van der Waals surface area contributed by atoms with Gasteiger partial charge < -0.3 is 5.32 Å². The van der Waals surface area contributed by atoms with E-state index < -0.39 is 5.54 Å². The SMILES string of the molecule is N#CC1(n2cccn2)CCNCC1. The number of nitriles is 1. The molecule has 0 spiro atoms. The molecule has 68 valence electrons. The molecule has 0 unspecified atom stereocenters. The van der Waals surface area contributed by atoms with Crippen LogP contribution < -0.4 is 5.32 Å². The van der Waals surface area contributed by atoms with Crippen LogP contribution in [-0.4, -0.2) is 22.9 Å². The Kier molecular flexibility index (Phi) is 2.03. The van der Waals surface area contributed by atoms with Gasteiger partial charge in [0.15, 0.2) is 5.54 Å². The third-order valence-corrected chi connectivity index (χ3v) is 2.58. The van der Waals surface area contributed by atoms with Crippen LogP contribution in [0, 0.1) is 11.3 Å². The molecular formula is C9H12N4. The summed E-state index contributed by atoms with van der Waals surface area (Å²) in [5.74, 6) is 0. The summed E-state index contributed by atoms with van der Waals surface area (Å²) in [5, 5.41) is 16.6. The number of hydrogen-bond donors (Lipinski definition) is 1. The van der Waals surface area contributed by atoms with Crippen LogP contribution in [0.1, 0.15) is 12.8 Å². The van der Waals surface area contributed by atoms with E-state index in [1.807, 2.05) is 12.3 Å². The van der Waals surface area contributed by atoms with Crippen LogP contribution in [0.4, 0.5) is 0 Å². The highest BCUT2D eigenvalue weighted by Crippen LogP contribution is 2.25. The zero-order valence-electron chi connectivity index (χ0n) is 7.40. The van der Waals surface area contributed by atoms with E-state index in [0.717, 1.165) is 25.9 Å². The largest absolute Gasteiger partial charge is 0.316 e. The molecular weight excluding hydrogens is 164 g/mol. The second kappa shape index (κ2) is 3.19. The first kappa shape index (κ1) is 8.27. The smallest absolute Gasteiger partial charge is 0.151 e. The molecule has 4 nitrogen and oxygen atoms in total. The normalized spacial score (nSPS) is 20.8. The lowest BCUT2D eigenvalue weighted by molar-refractivity contribution is 0.257. The Balaban J connectivity index is 2.30. The fraction of sp³-hybridized carbons (Fsp3) is 0.556. The monoisotopic (exact) mass is 176 g/mol. The Hall–Kier alpha value is -1.34. The minimum atomic E-state index is -0.408. The Bertz CT molecular complexity index is 303. The van der Waals surface area contributed by atoms with Crippen LogP contribution in [0.3, 0.4) is 0 Å². The van der Waals surface area contributed by atoms with Gasteiger partial charge in [-0.05, 0) is 32.0 Å². The predicted octanol–water partition coefficient (Wildman–Crippen LogP) is 0.485. The molecule has 2 heterocycles. The summed E-state index contributed by atoms with van der Waals surface area (Å²) >= 11 is 0. The third kappa shape index (κ3) is 1.31. The maximum absolute atomic E-state index is 9.17. The molecule has 1 aliphatic heterocycles. The van der Waals surface area contributed by atoms with Gasteiger partial charge in [0.2, 0.25) is 0 Å². The quantitative estimate of drug-likeness (QED) is 0.677. The van der Waals surface area contributed by atoms with Gasteiger partial charge in [-0.2, -0.15) is 10.4 Å². The average molecular weight is 176 g/mol. The van der Waals surface area contributed by atoms with Crippen molar-refractivity contribution in [2.24, 2.45) is 0 Å². The summed E-state index contributed by atoms with van der Waals surface area (Å²) < 4.78 is 1.79. The molecule has 0 radical (unpaired) electrons. The van der Waals surface area contributed by atoms with Gasteiger partial charge in [-0.3, -0.25) is 4.68 Å². The minimum absolute atomic E-state index is 0.408. The Morgan fingerprint density at radius 2 is 2.23 bits per heavy atom. The fourth-order valence-corrected chi connectivity index (χ4v) is 1.75. The lowest BCUT2D eigenvalue weighted by Gasteiger charge is -2.31. The maximum Gasteiger partial charge on any atom is 0.151 e. The molecule has 13 heavy (non-hydrogen) atoms. The summed E-state index contributed by atoms with van der Waals surface area (Å²) in [6.07, 6.45) is 5.27. The lowest BCUT2D eigenvalue weighted by Crippen LogP contribution is -2.43. The zero-order chi connectivity index (χ0) is 9.15. The molecule has 2 rings (SSSR count). The first-order chi connectivity index (χ1) is 6.37. The topological polar surface area (TPSA) is 53.6 Å². The van der Waals surface area contributed by atoms with Crippen LogP contribution in [0.25, 0.3) is 0 Å². The standard InChI is InChI=1S/C9H12N4/c10-8-9(2-5-11-6-3-9)13-7-1-4-12-13/h1,4,7,11H,2-3,5-6H2. The van der Waals surface area contributed by atoms with Crippen LogP contribution in [-0.2, 0) is 5.54 Å². The van der Waals surface area contributed by atoms with Gasteiger partial charge in [0.25, 0.3) is 0 Å². The second-order valence-electron chi connectivity index (χ2n) is 3.34. The van der Waals surface area contributed by atoms with Gasteiger partial charge >= 0.3 is 0 Å². The zero-order valence-corrected chi connectivity index (χ0v) is 7.40. The van der Waals surface area contributed by atoms with E-state index in [1.165, 1.54) is 0 Å². The number of aromatic nitrogens is 2. The van der Waals surface area contributed by atoms with Gasteiger partial charge in [0.05, 0.1) is 6.07 Å². The molecule has 0 saturated carbocycles. The van der Waals surface area contributed by atoms with Crippen molar-refractivity contribution in [3.8, 4) is 6.07 Å². The van der Waals surface area contributed by atoms with Crippen molar-refractivity contribution in [3.63, 3.8) is 0 Å². The van der Waals surface area contributed by atoms with Crippen molar-refractivity contribution in [3.05, 3.63) is 18.5 Å². The van der Waals surface area contributed by atoms with Crippen molar-refractivity contribution < 1.29 is 0 Å². The van der Waals surface area contributed by atoms with Gasteiger partial charge in [-0.25, -0.2) is 0 Å². The second-order valence-corrected chi connectivity index (χ2v) is 3.34. The molecule has 4 heteroatoms. The molecule has 0 aromatic carbocycles. The van der Waals surface area contributed by atoms with Crippen molar-refractivity contribution in [1.82, 2.24) is 15.1 Å². The van der Waals surface area contributed by atoms with Crippen LogP contribution in [0.15, 0.2) is 18.5 Å². The highest BCUT2D eigenvalue weighted by molar-refractivity contribution is 5.07. The van der Waals surface area contributed by atoms with Crippen LogP contribution in [0.5, 0.6) is 0 Å². The molecule has 0 atom stereocenters. The first-order valence-corrected chi connectivity index (χ1v) is 4.49. The fourth-order valence-electron chi connectivity index (χ4n) is 1.75. The molecule has 0 amide bonds. The van der Waals surface area contributed by atoms with Gasteiger partial charge in [-0.15, -0.1) is 0 Å². The average Bonchev–Trinajstić information content (AvgIpc) is 2.72. The van der Waals surface area contributed by atoms with E-state index in [4.69, 9.17) is 0 Å². The number of piperidine rings is 1. The molecule has 1 saturated heterocycles. The molecule has 1 N–H and O–H groups in total. The lowest BCUT2D eigenvalue weighted by atomic mass is 9.90. The third-order valence-electron chi connectivity index (χ3n) is 2.58. The molecule has 1 aromatic rings. The van der Waals surface area contributed by atoms with E-state index in [-0.39, 0.29) is 0 Å². The summed E-state index contributed by atoms with van der Waals surface area (Å²) in [5.41, 5.74) is -0.408. The van der Waals surface area contributed by atoms with E-state index >= 15 is 0 Å². The highest BCUT2D eigenvalue weighted by Gasteiger charge is 2.34. The summed E-state index contributed by atoms with van der Waals surface area (Å²) in [7, 11) is 0. The van der Waals surface area contributed by atoms with Crippen molar-refractivity contribution in [2.45, 2.75) is 18.4 Å². The molecule has 1 aromatic heterocycles. The van der Waals surface area contributed by atoms with Gasteiger partial charge in [0.1, 0.15) is 0 Å². The summed E-state index contributed by atoms with van der Waals surface area (Å²) in [6, 6.07) is 4.24. The van der Waals surface area contributed by atoms with Gasteiger partial charge in [-0.1, -0.05) is 0 Å². The minimum Gasteiger partial charge on any atom is -0.316 e. The molecule has 0 bridgehead atoms. The summed E-state index contributed by atoms with van der Waals surface area (Å²) in [6.45, 7) is 1.79. The highest BCUT2D eigenvalue weighted by atomic mass is 15.3. The predicted molar refractivity (Wildman–Crippen MR) is 47.9 cm³/mol. The van der Waals surface area contributed by atoms with Crippen molar-refractivity contribution >= 4 is 0 Å². The van der Waals surface area contributed by atoms with E-state index in [1.54, 1.807) is 10.9 Å². The van der Waals surface area contributed by atoms with Crippen LogP contribution >= 0.6 is 0 Å². The first-order valence-electron chi connectivity index (χ1n) is 4.49. The van der Waals surface area contributed by atoms with E-state index in [2.05, 4.69) is 16.5 Å². The van der Waals surface area contributed by atoms with Gasteiger partial charge in [0, 0.05) is 12.4 Å². The Morgan fingerprint density at radius 1 is 1.46 bits per heavy atom. The Labute approximate surface area is 77.2 Å². The molecule has 1 fully saturated rings. The van der Waals surface area contributed by atoms with Crippen molar-refractivity contribution in [1.29, 1.82) is 5.26 Å². The Morgan fingerprint density at radius 3 is 2.77 bits per heavy atom. The van der Waals surface area contributed by atoms with Crippen LogP contribution in [0.2, 0.25) is 0 Å². The van der Waals surface area contributed by atoms with Crippen molar-refractivity contribution in [2.75, 3.05) is 13.1 Å². The molecule has 0 aliphatic carbocycles. The number of nitrogens with zero attached hydrogens (tertiary/aromatic N) is 3. The number of hydrogen-bond acceptors (Lipinski definition) is 3. The molecule has 1 aliphatic rings. The maximum atomic E-state index is 9.17. The van der Waals surface area contributed by atoms with E-state index in [9.17, 15) is 5.26 Å². The number of nitrogens with one attached hydrogen (secondary N) is 1. The number of rotatable bonds is 1.